The van der Waals surface area contributed by atoms with Gasteiger partial charge in [0.1, 0.15) is 6.54 Å². The topological polar surface area (TPSA) is 89.0 Å². The second-order valence-corrected chi connectivity index (χ2v) is 8.30. The molecular weight excluding hydrogens is 498 g/mol. The summed E-state index contributed by atoms with van der Waals surface area (Å²) in [5.41, 5.74) is 2.93. The standard InChI is InChI=1S/C22H20Cl2F3N3O4/c1-3-33-19(31)11-28-29-20(32)17-5-4-13(6-12(17)2)18-10-21(34-30-18,22(25,26)27)14-7-15(23)9-16(24)8-14/h4-9,28H,3,10-11H2,1-2H3,(H,29,32). The molecule has 1 heterocycles. The number of carbonyl (C=O) groups excluding carboxylic acids is 2. The summed E-state index contributed by atoms with van der Waals surface area (Å²) in [6.07, 6.45) is -5.43. The Balaban J connectivity index is 1.79. The molecule has 1 aliphatic rings. The second kappa shape index (κ2) is 10.2. The van der Waals surface area contributed by atoms with Gasteiger partial charge in [-0.3, -0.25) is 15.0 Å². The van der Waals surface area contributed by atoms with Crippen LogP contribution in [-0.2, 0) is 20.0 Å². The van der Waals surface area contributed by atoms with Crippen LogP contribution < -0.4 is 10.9 Å². The predicted molar refractivity (Wildman–Crippen MR) is 120 cm³/mol. The van der Waals surface area contributed by atoms with Gasteiger partial charge < -0.3 is 9.57 Å². The number of esters is 1. The van der Waals surface area contributed by atoms with E-state index in [1.54, 1.807) is 13.8 Å². The first-order valence-electron chi connectivity index (χ1n) is 10.0. The maximum Gasteiger partial charge on any atom is 0.435 e. The molecule has 0 radical (unpaired) electrons. The van der Waals surface area contributed by atoms with Gasteiger partial charge >= 0.3 is 12.1 Å². The molecule has 2 aromatic rings. The molecule has 12 heteroatoms. The van der Waals surface area contributed by atoms with E-state index >= 15 is 0 Å². The summed E-state index contributed by atoms with van der Waals surface area (Å²) in [6.45, 7) is 3.26. The predicted octanol–water partition coefficient (Wildman–Crippen LogP) is 4.68. The Morgan fingerprint density at radius 2 is 1.85 bits per heavy atom. The van der Waals surface area contributed by atoms with Crippen molar-refractivity contribution in [2.75, 3.05) is 13.2 Å². The number of rotatable bonds is 7. The molecule has 0 aromatic heterocycles. The molecule has 1 unspecified atom stereocenters. The normalized spacial score (nSPS) is 17.7. The smallest absolute Gasteiger partial charge is 0.435 e. The average Bonchev–Trinajstić information content (AvgIpc) is 3.20. The number of hydrogen-bond acceptors (Lipinski definition) is 6. The largest absolute Gasteiger partial charge is 0.465 e. The molecule has 0 saturated heterocycles. The van der Waals surface area contributed by atoms with Crippen molar-refractivity contribution in [2.45, 2.75) is 32.0 Å². The molecule has 0 saturated carbocycles. The number of oxime groups is 1. The zero-order valence-electron chi connectivity index (χ0n) is 18.1. The third-order valence-corrected chi connectivity index (χ3v) is 5.50. The summed E-state index contributed by atoms with van der Waals surface area (Å²) < 4.78 is 47.2. The van der Waals surface area contributed by atoms with Gasteiger partial charge in [-0.1, -0.05) is 34.4 Å². The van der Waals surface area contributed by atoms with Crippen LogP contribution in [0.25, 0.3) is 0 Å². The monoisotopic (exact) mass is 517 g/mol. The van der Waals surface area contributed by atoms with Gasteiger partial charge in [0.05, 0.1) is 12.3 Å². The first-order chi connectivity index (χ1) is 16.0. The average molecular weight is 518 g/mol. The fourth-order valence-corrected chi connectivity index (χ4v) is 3.95. The molecule has 2 aromatic carbocycles. The van der Waals surface area contributed by atoms with Crippen LogP contribution in [-0.4, -0.2) is 36.9 Å². The minimum Gasteiger partial charge on any atom is -0.465 e. The Labute approximate surface area is 203 Å². The zero-order chi connectivity index (χ0) is 25.1. The summed E-state index contributed by atoms with van der Waals surface area (Å²) in [4.78, 5) is 28.7. The first-order valence-corrected chi connectivity index (χ1v) is 10.8. The van der Waals surface area contributed by atoms with E-state index in [-0.39, 0.29) is 40.0 Å². The minimum absolute atomic E-state index is 0.0333. The number of nitrogens with zero attached hydrogens (tertiary/aromatic N) is 1. The number of amides is 1. The molecule has 2 N–H and O–H groups in total. The zero-order valence-corrected chi connectivity index (χ0v) is 19.6. The van der Waals surface area contributed by atoms with E-state index in [9.17, 15) is 22.8 Å². The van der Waals surface area contributed by atoms with Crippen LogP contribution in [0.4, 0.5) is 13.2 Å². The molecule has 3 rings (SSSR count). The molecule has 34 heavy (non-hydrogen) atoms. The van der Waals surface area contributed by atoms with E-state index in [0.29, 0.717) is 11.1 Å². The van der Waals surface area contributed by atoms with E-state index in [1.807, 2.05) is 0 Å². The highest BCUT2D eigenvalue weighted by atomic mass is 35.5. The van der Waals surface area contributed by atoms with Gasteiger partial charge in [-0.05, 0) is 55.3 Å². The molecular formula is C22H20Cl2F3N3O4. The lowest BCUT2D eigenvalue weighted by Crippen LogP contribution is -2.42. The van der Waals surface area contributed by atoms with Crippen molar-refractivity contribution in [3.05, 3.63) is 68.7 Å². The van der Waals surface area contributed by atoms with Crippen molar-refractivity contribution in [1.82, 2.24) is 10.9 Å². The number of alkyl halides is 3. The fourth-order valence-electron chi connectivity index (χ4n) is 3.42. The van der Waals surface area contributed by atoms with Gasteiger partial charge in [0.15, 0.2) is 0 Å². The number of hydrogen-bond donors (Lipinski definition) is 2. The van der Waals surface area contributed by atoms with Crippen molar-refractivity contribution >= 4 is 40.8 Å². The van der Waals surface area contributed by atoms with Crippen molar-refractivity contribution in [1.29, 1.82) is 0 Å². The van der Waals surface area contributed by atoms with Crippen molar-refractivity contribution in [3.8, 4) is 0 Å². The quantitative estimate of drug-likeness (QED) is 0.411. The van der Waals surface area contributed by atoms with Gasteiger partial charge in [-0.15, -0.1) is 0 Å². The van der Waals surface area contributed by atoms with Crippen LogP contribution >= 0.6 is 23.2 Å². The molecule has 0 spiro atoms. The van der Waals surface area contributed by atoms with E-state index in [2.05, 4.69) is 16.0 Å². The molecule has 0 bridgehead atoms. The van der Waals surface area contributed by atoms with Crippen molar-refractivity contribution < 1.29 is 32.3 Å². The fraction of sp³-hybridized carbons (Fsp3) is 0.318. The summed E-state index contributed by atoms with van der Waals surface area (Å²) in [6, 6.07) is 8.04. The third-order valence-electron chi connectivity index (χ3n) is 5.06. The lowest BCUT2D eigenvalue weighted by atomic mass is 9.86. The lowest BCUT2D eigenvalue weighted by Gasteiger charge is -2.29. The number of hydrazine groups is 1. The Morgan fingerprint density at radius 1 is 1.18 bits per heavy atom. The van der Waals surface area contributed by atoms with E-state index in [1.165, 1.54) is 24.3 Å². The molecule has 1 aliphatic heterocycles. The third kappa shape index (κ3) is 5.45. The van der Waals surface area contributed by atoms with Crippen LogP contribution in [0, 0.1) is 6.92 Å². The number of aryl methyl sites for hydroxylation is 1. The SMILES string of the molecule is CCOC(=O)CNNC(=O)c1ccc(C2=NOC(c3cc(Cl)cc(Cl)c3)(C(F)(F)F)C2)cc1C. The van der Waals surface area contributed by atoms with Crippen LogP contribution in [0.2, 0.25) is 10.0 Å². The second-order valence-electron chi connectivity index (χ2n) is 7.43. The van der Waals surface area contributed by atoms with E-state index < -0.39 is 30.1 Å². The maximum atomic E-state index is 14.1. The number of carbonyl (C=O) groups is 2. The van der Waals surface area contributed by atoms with Gasteiger partial charge in [0.2, 0.25) is 0 Å². The molecule has 0 fully saturated rings. The molecule has 0 aliphatic carbocycles. The Hall–Kier alpha value is -2.82. The summed E-state index contributed by atoms with van der Waals surface area (Å²) in [5.74, 6) is -1.07. The molecule has 182 valence electrons. The van der Waals surface area contributed by atoms with E-state index in [0.717, 1.165) is 12.1 Å². The Kier molecular flexibility index (Phi) is 7.74. The maximum absolute atomic E-state index is 14.1. The number of halogens is 5. The number of benzene rings is 2. The number of nitrogens with one attached hydrogen (secondary N) is 2. The molecule has 1 amide bonds. The van der Waals surface area contributed by atoms with Crippen LogP contribution in [0.5, 0.6) is 0 Å². The Bertz CT molecular complexity index is 1120. The highest BCUT2D eigenvalue weighted by Gasteiger charge is 2.62. The van der Waals surface area contributed by atoms with E-state index in [4.69, 9.17) is 32.8 Å². The van der Waals surface area contributed by atoms with Crippen molar-refractivity contribution in [2.24, 2.45) is 5.16 Å². The first kappa shape index (κ1) is 25.8. The molecule has 1 atom stereocenters. The summed E-state index contributed by atoms with van der Waals surface area (Å²) in [7, 11) is 0. The lowest BCUT2D eigenvalue weighted by molar-refractivity contribution is -0.275. The van der Waals surface area contributed by atoms with Crippen molar-refractivity contribution in [3.63, 3.8) is 0 Å². The van der Waals surface area contributed by atoms with Gasteiger partial charge in [0.25, 0.3) is 11.5 Å². The van der Waals surface area contributed by atoms with Crippen LogP contribution in [0.15, 0.2) is 41.6 Å². The van der Waals surface area contributed by atoms with Gasteiger partial charge in [-0.2, -0.15) is 13.2 Å². The minimum atomic E-state index is -4.81. The molecule has 7 nitrogen and oxygen atoms in total. The highest BCUT2D eigenvalue weighted by Crippen LogP contribution is 2.49. The Morgan fingerprint density at radius 3 is 2.44 bits per heavy atom. The van der Waals surface area contributed by atoms with Gasteiger partial charge in [-0.25, -0.2) is 5.43 Å². The van der Waals surface area contributed by atoms with Crippen LogP contribution in [0.3, 0.4) is 0 Å². The van der Waals surface area contributed by atoms with Gasteiger partial charge in [0, 0.05) is 27.6 Å². The number of ether oxygens (including phenoxy) is 1. The summed E-state index contributed by atoms with van der Waals surface area (Å²) in [5, 5.41) is 3.78. The highest BCUT2D eigenvalue weighted by molar-refractivity contribution is 6.34. The van der Waals surface area contributed by atoms with Crippen LogP contribution in [0.1, 0.15) is 40.4 Å². The summed E-state index contributed by atoms with van der Waals surface area (Å²) >= 11 is 11.8.